The molecule has 10 heteroatoms. The molecule has 5 rings (SSSR count). The van der Waals surface area contributed by atoms with E-state index in [1.54, 1.807) is 45.9 Å². The summed E-state index contributed by atoms with van der Waals surface area (Å²) < 4.78 is 27.4. The van der Waals surface area contributed by atoms with Crippen LogP contribution in [0.4, 0.5) is 4.79 Å². The van der Waals surface area contributed by atoms with Crippen molar-refractivity contribution in [3.8, 4) is 0 Å². The van der Waals surface area contributed by atoms with Crippen LogP contribution in [0.25, 0.3) is 10.8 Å². The molecule has 2 aromatic carbocycles. The molecule has 2 amide bonds. The number of halogens is 1. The van der Waals surface area contributed by atoms with Crippen LogP contribution in [-0.2, 0) is 21.2 Å². The average Bonchev–Trinajstić information content (AvgIpc) is 3.33. The molecule has 1 aromatic heterocycles. The van der Waals surface area contributed by atoms with E-state index in [1.165, 1.54) is 0 Å². The number of rotatable bonds is 5. The lowest BCUT2D eigenvalue weighted by Gasteiger charge is -2.36. The summed E-state index contributed by atoms with van der Waals surface area (Å²) in [5.41, 5.74) is 1.82. The molecule has 0 spiro atoms. The number of nitrogens with zero attached hydrogens (tertiary/aromatic N) is 4. The van der Waals surface area contributed by atoms with Gasteiger partial charge in [-0.25, -0.2) is 18.2 Å². The van der Waals surface area contributed by atoms with Crippen LogP contribution >= 0.6 is 11.6 Å². The van der Waals surface area contributed by atoms with Crippen LogP contribution in [0.15, 0.2) is 41.3 Å². The van der Waals surface area contributed by atoms with Gasteiger partial charge >= 0.3 is 6.03 Å². The summed E-state index contributed by atoms with van der Waals surface area (Å²) in [6.45, 7) is 5.31. The summed E-state index contributed by atoms with van der Waals surface area (Å²) in [5.74, 6) is 0.291. The van der Waals surface area contributed by atoms with Gasteiger partial charge in [-0.15, -0.1) is 0 Å². The fraction of sp³-hybridized carbons (Fsp3) is 0.400. The third-order valence-corrected chi connectivity index (χ3v) is 9.02. The molecule has 0 atom stereocenters. The minimum atomic E-state index is -3.60. The van der Waals surface area contributed by atoms with Gasteiger partial charge in [0.15, 0.2) is 9.84 Å². The third-order valence-electron chi connectivity index (χ3n) is 7.07. The van der Waals surface area contributed by atoms with Crippen molar-refractivity contribution >= 4 is 44.1 Å². The van der Waals surface area contributed by atoms with Gasteiger partial charge in [-0.05, 0) is 61.7 Å². The first-order valence-electron chi connectivity index (χ1n) is 11.7. The van der Waals surface area contributed by atoms with Gasteiger partial charge in [-0.3, -0.25) is 9.36 Å². The first-order chi connectivity index (χ1) is 16.6. The number of carbonyl (C=O) groups is 2. The molecular formula is C25H27ClN4O4S. The molecule has 0 saturated carbocycles. The number of aromatic nitrogens is 2. The monoisotopic (exact) mass is 514 g/mol. The molecule has 0 unspecified atom stereocenters. The van der Waals surface area contributed by atoms with E-state index >= 15 is 0 Å². The Bertz CT molecular complexity index is 1440. The summed E-state index contributed by atoms with van der Waals surface area (Å²) >= 11 is 6.00. The molecule has 1 fully saturated rings. The summed E-state index contributed by atoms with van der Waals surface area (Å²) in [6.07, 6.45) is 1.28. The molecule has 2 aliphatic heterocycles. The van der Waals surface area contributed by atoms with Gasteiger partial charge in [0, 0.05) is 30.6 Å². The number of piperidine rings is 1. The van der Waals surface area contributed by atoms with Gasteiger partial charge < -0.3 is 9.80 Å². The van der Waals surface area contributed by atoms with Crippen LogP contribution in [0, 0.1) is 13.8 Å². The van der Waals surface area contributed by atoms with Gasteiger partial charge in [-0.1, -0.05) is 23.7 Å². The predicted molar refractivity (Wildman–Crippen MR) is 133 cm³/mol. The number of sulfone groups is 1. The number of aryl methyl sites for hydroxylation is 2. The first kappa shape index (κ1) is 23.8. The van der Waals surface area contributed by atoms with E-state index in [-0.39, 0.29) is 35.0 Å². The highest BCUT2D eigenvalue weighted by Gasteiger charge is 2.37. The van der Waals surface area contributed by atoms with Gasteiger partial charge in [0.1, 0.15) is 5.82 Å². The Balaban J connectivity index is 1.17. The molecule has 3 aromatic rings. The molecule has 1 saturated heterocycles. The number of benzene rings is 2. The van der Waals surface area contributed by atoms with Crippen molar-refractivity contribution in [1.29, 1.82) is 0 Å². The Morgan fingerprint density at radius 2 is 1.77 bits per heavy atom. The molecule has 184 valence electrons. The maximum Gasteiger partial charge on any atom is 0.330 e. The minimum absolute atomic E-state index is 0.0494. The zero-order chi connectivity index (χ0) is 24.9. The summed E-state index contributed by atoms with van der Waals surface area (Å²) in [4.78, 5) is 33.9. The molecule has 3 heterocycles. The van der Waals surface area contributed by atoms with E-state index in [1.807, 2.05) is 18.7 Å². The van der Waals surface area contributed by atoms with Crippen LogP contribution in [0.1, 0.15) is 36.5 Å². The molecule has 8 nitrogen and oxygen atoms in total. The number of hydrogen-bond donors (Lipinski definition) is 0. The van der Waals surface area contributed by atoms with Crippen molar-refractivity contribution in [2.75, 3.05) is 18.8 Å². The van der Waals surface area contributed by atoms with Crippen LogP contribution in [-0.4, -0.2) is 64.6 Å². The highest BCUT2D eigenvalue weighted by atomic mass is 35.5. The molecule has 0 aliphatic carbocycles. The minimum Gasteiger partial charge on any atom is -0.343 e. The van der Waals surface area contributed by atoms with Crippen molar-refractivity contribution in [1.82, 2.24) is 19.4 Å². The maximum absolute atomic E-state index is 12.9. The van der Waals surface area contributed by atoms with E-state index in [9.17, 15) is 18.0 Å². The number of fused-ring (bicyclic) bond motifs is 2. The van der Waals surface area contributed by atoms with Crippen LogP contribution < -0.4 is 0 Å². The lowest BCUT2D eigenvalue weighted by atomic mass is 10.0. The smallest absolute Gasteiger partial charge is 0.330 e. The Labute approximate surface area is 209 Å². The van der Waals surface area contributed by atoms with E-state index in [0.717, 1.165) is 22.2 Å². The van der Waals surface area contributed by atoms with Crippen molar-refractivity contribution in [2.24, 2.45) is 0 Å². The van der Waals surface area contributed by atoms with E-state index in [4.69, 9.17) is 11.6 Å². The van der Waals surface area contributed by atoms with Gasteiger partial charge in [0.05, 0.1) is 28.6 Å². The zero-order valence-corrected chi connectivity index (χ0v) is 21.3. The van der Waals surface area contributed by atoms with Gasteiger partial charge in [0.2, 0.25) is 5.91 Å². The van der Waals surface area contributed by atoms with Crippen molar-refractivity contribution < 1.29 is 18.0 Å². The average molecular weight is 515 g/mol. The predicted octanol–water partition coefficient (Wildman–Crippen LogP) is 3.95. The maximum atomic E-state index is 12.9. The van der Waals surface area contributed by atoms with E-state index in [2.05, 4.69) is 4.98 Å². The highest BCUT2D eigenvalue weighted by Crippen LogP contribution is 2.28. The highest BCUT2D eigenvalue weighted by molar-refractivity contribution is 7.91. The third kappa shape index (κ3) is 4.43. The van der Waals surface area contributed by atoms with Crippen molar-refractivity contribution in [3.63, 3.8) is 0 Å². The van der Waals surface area contributed by atoms with E-state index < -0.39 is 9.84 Å². The lowest BCUT2D eigenvalue weighted by Crippen LogP contribution is -2.47. The van der Waals surface area contributed by atoms with Gasteiger partial charge in [0.25, 0.3) is 0 Å². The van der Waals surface area contributed by atoms with Crippen LogP contribution in [0.3, 0.4) is 0 Å². The number of hydrogen-bond acceptors (Lipinski definition) is 5. The Kier molecular flexibility index (Phi) is 6.09. The van der Waals surface area contributed by atoms with Crippen molar-refractivity contribution in [3.05, 3.63) is 58.6 Å². The Morgan fingerprint density at radius 3 is 2.49 bits per heavy atom. The fourth-order valence-electron chi connectivity index (χ4n) is 5.11. The quantitative estimate of drug-likeness (QED) is 0.514. The molecule has 0 N–H and O–H groups in total. The molecule has 0 radical (unpaired) electrons. The Morgan fingerprint density at radius 1 is 1.09 bits per heavy atom. The Hall–Kier alpha value is -2.91. The summed E-state index contributed by atoms with van der Waals surface area (Å²) in [6, 6.07) is 10.2. The topological polar surface area (TPSA) is 92.6 Å². The fourth-order valence-corrected chi connectivity index (χ4v) is 6.55. The van der Waals surface area contributed by atoms with Crippen LogP contribution in [0.5, 0.6) is 0 Å². The van der Waals surface area contributed by atoms with Crippen molar-refractivity contribution in [2.45, 2.75) is 50.6 Å². The number of likely N-dealkylation sites (tertiary alicyclic amines) is 1. The van der Waals surface area contributed by atoms with Crippen LogP contribution in [0.2, 0.25) is 5.02 Å². The largest absolute Gasteiger partial charge is 0.343 e. The molecule has 35 heavy (non-hydrogen) atoms. The SMILES string of the molecule is Cc1nc(C)n2c1CN(C1CCN(C(=O)CCS(=O)(=O)c3ccc4cc(Cl)ccc4c3)CC1)C2=O. The second-order valence-corrected chi connectivity index (χ2v) is 11.8. The molecular weight excluding hydrogens is 488 g/mol. The van der Waals surface area contributed by atoms with Gasteiger partial charge in [-0.2, -0.15) is 0 Å². The molecule has 0 bridgehead atoms. The summed E-state index contributed by atoms with van der Waals surface area (Å²) in [7, 11) is -3.60. The number of imidazole rings is 1. The summed E-state index contributed by atoms with van der Waals surface area (Å²) in [5, 5.41) is 2.24. The normalized spacial score (nSPS) is 16.8. The zero-order valence-electron chi connectivity index (χ0n) is 19.7. The molecule has 2 aliphatic rings. The standard InChI is InChI=1S/C25H27ClN4O4S/c1-16-23-15-29(25(32)30(23)17(2)27-16)21-7-10-28(11-8-21)24(31)9-12-35(33,34)22-6-4-18-13-20(26)5-3-19(18)14-22/h3-6,13-14,21H,7-12,15H2,1-2H3. The second-order valence-electron chi connectivity index (χ2n) is 9.27. The number of carbonyl (C=O) groups excluding carboxylic acids is 2. The second kappa shape index (κ2) is 8.95. The lowest BCUT2D eigenvalue weighted by molar-refractivity contribution is -0.132. The first-order valence-corrected chi connectivity index (χ1v) is 13.7. The number of amides is 2. The van der Waals surface area contributed by atoms with E-state index in [0.29, 0.717) is 43.3 Å².